The van der Waals surface area contributed by atoms with Gasteiger partial charge in [-0.3, -0.25) is 4.90 Å². The number of nitrogens with two attached hydrogens (primary N) is 1. The maximum absolute atomic E-state index is 5.77. The summed E-state index contributed by atoms with van der Waals surface area (Å²) in [5.74, 6) is 1.24. The van der Waals surface area contributed by atoms with Gasteiger partial charge in [-0.1, -0.05) is 28.1 Å². The van der Waals surface area contributed by atoms with E-state index < -0.39 is 0 Å². The lowest BCUT2D eigenvalue weighted by atomic mass is 9.97. The minimum atomic E-state index is 0.355. The smallest absolute Gasteiger partial charge is 0.119 e. The van der Waals surface area contributed by atoms with Crippen LogP contribution in [0.25, 0.3) is 0 Å². The number of nitrogens with zero attached hydrogens (tertiary/aromatic N) is 1. The Hall–Kier alpha value is -0.650. The van der Waals surface area contributed by atoms with E-state index in [1.165, 1.54) is 5.56 Å². The van der Waals surface area contributed by atoms with Crippen LogP contribution in [-0.4, -0.2) is 30.1 Å². The van der Waals surface area contributed by atoms with Gasteiger partial charge in [-0.25, -0.2) is 0 Å². The van der Waals surface area contributed by atoms with Crippen molar-refractivity contribution in [3.8, 4) is 5.75 Å². The highest BCUT2D eigenvalue weighted by molar-refractivity contribution is 9.10. The molecule has 1 aromatic rings. The van der Waals surface area contributed by atoms with Gasteiger partial charge in [-0.15, -0.1) is 0 Å². The van der Waals surface area contributed by atoms with Crippen LogP contribution in [0.4, 0.5) is 0 Å². The maximum Gasteiger partial charge on any atom is 0.119 e. The van der Waals surface area contributed by atoms with Crippen LogP contribution < -0.4 is 10.5 Å². The van der Waals surface area contributed by atoms with E-state index in [0.29, 0.717) is 10.9 Å². The summed E-state index contributed by atoms with van der Waals surface area (Å²) in [6.07, 6.45) is 2.27. The molecule has 2 rings (SSSR count). The number of benzene rings is 1. The minimum Gasteiger partial charge on any atom is -0.497 e. The van der Waals surface area contributed by atoms with Crippen molar-refractivity contribution < 1.29 is 4.74 Å². The van der Waals surface area contributed by atoms with Gasteiger partial charge in [0.05, 0.1) is 12.1 Å². The van der Waals surface area contributed by atoms with Crippen molar-refractivity contribution in [2.75, 3.05) is 20.2 Å². The van der Waals surface area contributed by atoms with E-state index in [-0.39, 0.29) is 0 Å². The number of ether oxygens (including phenoxy) is 1. The topological polar surface area (TPSA) is 38.5 Å². The Bertz CT molecular complexity index is 467. The molecular weight excluding hydrogens is 324 g/mol. The van der Waals surface area contributed by atoms with Crippen LogP contribution in [0.1, 0.15) is 18.4 Å². The molecule has 3 nitrogen and oxygen atoms in total. The second-order valence-corrected chi connectivity index (χ2v) is 6.26. The highest BCUT2D eigenvalue weighted by Crippen LogP contribution is 2.26. The van der Waals surface area contributed by atoms with Crippen molar-refractivity contribution in [1.29, 1.82) is 0 Å². The lowest BCUT2D eigenvalue weighted by Gasteiger charge is -2.32. The molecule has 1 unspecified atom stereocenters. The lowest BCUT2D eigenvalue weighted by molar-refractivity contribution is 0.196. The Morgan fingerprint density at radius 2 is 2.37 bits per heavy atom. The summed E-state index contributed by atoms with van der Waals surface area (Å²) in [4.78, 5) is 3.06. The molecule has 1 fully saturated rings. The number of piperidine rings is 1. The number of likely N-dealkylation sites (tertiary alicyclic amines) is 1. The molecule has 0 amide bonds. The van der Waals surface area contributed by atoms with Crippen molar-refractivity contribution in [2.24, 2.45) is 11.7 Å². The Morgan fingerprint density at radius 1 is 1.58 bits per heavy atom. The summed E-state index contributed by atoms with van der Waals surface area (Å²) in [5.41, 5.74) is 7.01. The summed E-state index contributed by atoms with van der Waals surface area (Å²) in [6, 6.07) is 6.07. The van der Waals surface area contributed by atoms with Gasteiger partial charge < -0.3 is 10.5 Å². The fourth-order valence-corrected chi connectivity index (χ4v) is 3.04. The first kappa shape index (κ1) is 14.8. The SMILES string of the molecule is COc1ccc(Br)c(CN2CCCC(C(N)=S)C2)c1. The van der Waals surface area contributed by atoms with Crippen molar-refractivity contribution in [1.82, 2.24) is 4.90 Å². The van der Waals surface area contributed by atoms with E-state index >= 15 is 0 Å². The average Bonchev–Trinajstić information content (AvgIpc) is 2.41. The first-order valence-electron chi connectivity index (χ1n) is 6.44. The Balaban J connectivity index is 2.06. The van der Waals surface area contributed by atoms with Crippen LogP contribution in [0.3, 0.4) is 0 Å². The maximum atomic E-state index is 5.77. The number of methoxy groups -OCH3 is 1. The van der Waals surface area contributed by atoms with E-state index in [0.717, 1.165) is 42.7 Å². The fourth-order valence-electron chi connectivity index (χ4n) is 2.47. The third kappa shape index (κ3) is 3.91. The van der Waals surface area contributed by atoms with Gasteiger partial charge in [-0.2, -0.15) is 0 Å². The minimum absolute atomic E-state index is 0.355. The first-order valence-corrected chi connectivity index (χ1v) is 7.64. The van der Waals surface area contributed by atoms with Gasteiger partial charge in [0.15, 0.2) is 0 Å². The van der Waals surface area contributed by atoms with Gasteiger partial charge in [0.1, 0.15) is 5.75 Å². The zero-order valence-corrected chi connectivity index (χ0v) is 13.5. The van der Waals surface area contributed by atoms with Gasteiger partial charge in [0, 0.05) is 23.5 Å². The summed E-state index contributed by atoms with van der Waals surface area (Å²) >= 11 is 8.72. The van der Waals surface area contributed by atoms with Gasteiger partial charge in [0.25, 0.3) is 0 Å². The molecule has 104 valence electrons. The first-order chi connectivity index (χ1) is 9.10. The van der Waals surface area contributed by atoms with Crippen molar-refractivity contribution in [3.05, 3.63) is 28.2 Å². The average molecular weight is 343 g/mol. The van der Waals surface area contributed by atoms with E-state index in [1.807, 2.05) is 12.1 Å². The van der Waals surface area contributed by atoms with Crippen LogP contribution in [0.15, 0.2) is 22.7 Å². The molecule has 1 aliphatic rings. The molecular formula is C14H19BrN2OS. The number of rotatable bonds is 4. The second kappa shape index (κ2) is 6.68. The standard InChI is InChI=1S/C14H19BrN2OS/c1-18-12-4-5-13(15)11(7-12)9-17-6-2-3-10(8-17)14(16)19/h4-5,7,10H,2-3,6,8-9H2,1H3,(H2,16,19). The largest absolute Gasteiger partial charge is 0.497 e. The summed E-state index contributed by atoms with van der Waals surface area (Å²) in [6.45, 7) is 2.96. The third-order valence-electron chi connectivity index (χ3n) is 3.55. The monoisotopic (exact) mass is 342 g/mol. The quantitative estimate of drug-likeness (QED) is 0.853. The molecule has 0 radical (unpaired) electrons. The molecule has 1 heterocycles. The molecule has 0 spiro atoms. The van der Waals surface area contributed by atoms with Crippen molar-refractivity contribution in [3.63, 3.8) is 0 Å². The van der Waals surface area contributed by atoms with Crippen LogP contribution in [0, 0.1) is 5.92 Å². The predicted molar refractivity (Wildman–Crippen MR) is 85.5 cm³/mol. The molecule has 0 bridgehead atoms. The van der Waals surface area contributed by atoms with E-state index in [1.54, 1.807) is 7.11 Å². The predicted octanol–water partition coefficient (Wildman–Crippen LogP) is 2.96. The van der Waals surface area contributed by atoms with Gasteiger partial charge >= 0.3 is 0 Å². The van der Waals surface area contributed by atoms with Crippen LogP contribution in [0.2, 0.25) is 0 Å². The van der Waals surface area contributed by atoms with Crippen LogP contribution in [-0.2, 0) is 6.54 Å². The molecule has 1 aromatic carbocycles. The lowest BCUT2D eigenvalue weighted by Crippen LogP contribution is -2.40. The second-order valence-electron chi connectivity index (χ2n) is 4.93. The molecule has 1 atom stereocenters. The Labute approximate surface area is 128 Å². The molecule has 0 aromatic heterocycles. The highest BCUT2D eigenvalue weighted by atomic mass is 79.9. The summed E-state index contributed by atoms with van der Waals surface area (Å²) < 4.78 is 6.39. The molecule has 5 heteroatoms. The van der Waals surface area contributed by atoms with Crippen molar-refractivity contribution >= 4 is 33.1 Å². The molecule has 0 saturated carbocycles. The number of thiocarbonyl (C=S) groups is 1. The number of halogens is 1. The van der Waals surface area contributed by atoms with Crippen LogP contribution >= 0.6 is 28.1 Å². The molecule has 0 aliphatic carbocycles. The molecule has 19 heavy (non-hydrogen) atoms. The number of hydrogen-bond acceptors (Lipinski definition) is 3. The molecule has 1 saturated heterocycles. The zero-order valence-electron chi connectivity index (χ0n) is 11.1. The molecule has 1 aliphatic heterocycles. The highest BCUT2D eigenvalue weighted by Gasteiger charge is 2.22. The Kier molecular flexibility index (Phi) is 5.19. The zero-order chi connectivity index (χ0) is 13.8. The third-order valence-corrected chi connectivity index (χ3v) is 4.66. The van der Waals surface area contributed by atoms with Crippen LogP contribution in [0.5, 0.6) is 5.75 Å². The van der Waals surface area contributed by atoms with Gasteiger partial charge in [0.2, 0.25) is 0 Å². The molecule has 2 N–H and O–H groups in total. The van der Waals surface area contributed by atoms with E-state index in [2.05, 4.69) is 26.9 Å². The van der Waals surface area contributed by atoms with Crippen molar-refractivity contribution in [2.45, 2.75) is 19.4 Å². The fraction of sp³-hybridized carbons (Fsp3) is 0.500. The van der Waals surface area contributed by atoms with Gasteiger partial charge in [-0.05, 0) is 43.1 Å². The summed E-state index contributed by atoms with van der Waals surface area (Å²) in [5, 5.41) is 0. The van der Waals surface area contributed by atoms with E-state index in [4.69, 9.17) is 22.7 Å². The summed E-state index contributed by atoms with van der Waals surface area (Å²) in [7, 11) is 1.69. The normalized spacial score (nSPS) is 20.2. The van der Waals surface area contributed by atoms with E-state index in [9.17, 15) is 0 Å². The Morgan fingerprint density at radius 3 is 3.05 bits per heavy atom. The number of hydrogen-bond donors (Lipinski definition) is 1.